The summed E-state index contributed by atoms with van der Waals surface area (Å²) in [5.41, 5.74) is 3.18. The van der Waals surface area contributed by atoms with Gasteiger partial charge in [0, 0.05) is 35.4 Å². The third kappa shape index (κ3) is 7.03. The minimum atomic E-state index is -0.837. The molecule has 0 atom stereocenters. The lowest BCUT2D eigenvalue weighted by molar-refractivity contribution is -0.137. The van der Waals surface area contributed by atoms with Crippen LogP contribution in [0, 0.1) is 18.7 Å². The highest BCUT2D eigenvalue weighted by Crippen LogP contribution is 2.21. The molecule has 5 nitrogen and oxygen atoms in total. The SMILES string of the molecule is Cc1cc(C(=O)C(C)C)cccnc(-c2ccc(F)cc2)c(CCCCC(=O)O)n1. The molecule has 6 heteroatoms. The van der Waals surface area contributed by atoms with Crippen LogP contribution in [0.1, 0.15) is 54.9 Å². The Kier molecular flexibility index (Phi) is 8.59. The van der Waals surface area contributed by atoms with Gasteiger partial charge in [0.1, 0.15) is 5.82 Å². The van der Waals surface area contributed by atoms with Crippen molar-refractivity contribution < 1.29 is 19.1 Å². The summed E-state index contributed by atoms with van der Waals surface area (Å²) in [6, 6.07) is 11.2. The second-order valence-electron chi connectivity index (χ2n) is 7.41. The molecule has 1 aromatic heterocycles. The lowest BCUT2D eigenvalue weighted by atomic mass is 10.0. The van der Waals surface area contributed by atoms with E-state index in [1.165, 1.54) is 12.1 Å². The normalized spacial score (nSPS) is 10.6. The standard InChI is InChI=1S/C24H27FN2O3/c1-16(2)24(30)19-7-6-14-26-23(18-10-12-20(25)13-11-18)21(27-17(3)15-19)8-4-5-9-22(28)29/h6-7,10-16H,4-5,8-9H2,1-3H3,(H,28,29). The van der Waals surface area contributed by atoms with Crippen LogP contribution in [-0.2, 0) is 11.2 Å². The molecule has 0 saturated carbocycles. The molecule has 0 aliphatic carbocycles. The number of carbonyl (C=O) groups excluding carboxylic acids is 1. The van der Waals surface area contributed by atoms with Gasteiger partial charge in [-0.2, -0.15) is 0 Å². The quantitative estimate of drug-likeness (QED) is 0.469. The van der Waals surface area contributed by atoms with Crippen molar-refractivity contribution in [3.8, 4) is 11.3 Å². The fourth-order valence-electron chi connectivity index (χ4n) is 2.99. The zero-order valence-electron chi connectivity index (χ0n) is 17.6. The van der Waals surface area contributed by atoms with E-state index in [1.807, 2.05) is 20.8 Å². The molecule has 0 saturated heterocycles. The number of rotatable bonds is 8. The number of aliphatic carboxylic acids is 1. The maximum atomic E-state index is 13.4. The first kappa shape index (κ1) is 23.1. The molecule has 2 aromatic rings. The van der Waals surface area contributed by atoms with Gasteiger partial charge in [0.25, 0.3) is 0 Å². The van der Waals surface area contributed by atoms with Gasteiger partial charge in [-0.1, -0.05) is 13.8 Å². The Morgan fingerprint density at radius 2 is 1.80 bits per heavy atom. The molecule has 1 N–H and O–H groups in total. The minimum absolute atomic E-state index is 0.0144. The number of ketones is 1. The number of unbranched alkanes of at least 4 members (excludes halogenated alkanes) is 1. The van der Waals surface area contributed by atoms with E-state index in [-0.39, 0.29) is 23.9 Å². The summed E-state index contributed by atoms with van der Waals surface area (Å²) in [7, 11) is 0. The average Bonchev–Trinajstić information content (AvgIpc) is 2.69. The maximum Gasteiger partial charge on any atom is 0.303 e. The number of nitrogens with zero attached hydrogens (tertiary/aromatic N) is 2. The molecule has 0 fully saturated rings. The molecule has 0 radical (unpaired) electrons. The van der Waals surface area contributed by atoms with Crippen LogP contribution in [0.5, 0.6) is 0 Å². The number of carboxylic acid groups (broad SMARTS) is 1. The number of aryl methyl sites for hydroxylation is 2. The highest BCUT2D eigenvalue weighted by atomic mass is 19.1. The van der Waals surface area contributed by atoms with Gasteiger partial charge in [0.2, 0.25) is 0 Å². The van der Waals surface area contributed by atoms with Crippen LogP contribution in [0.25, 0.3) is 11.3 Å². The van der Waals surface area contributed by atoms with Crippen LogP contribution >= 0.6 is 0 Å². The molecular formula is C24H27FN2O3. The Labute approximate surface area is 176 Å². The Bertz CT molecular complexity index is 955. The second-order valence-corrected chi connectivity index (χ2v) is 7.41. The van der Waals surface area contributed by atoms with Crippen molar-refractivity contribution >= 4 is 11.8 Å². The number of carbonyl (C=O) groups is 2. The van der Waals surface area contributed by atoms with Crippen molar-refractivity contribution in [3.63, 3.8) is 0 Å². The van der Waals surface area contributed by atoms with E-state index >= 15 is 0 Å². The van der Waals surface area contributed by atoms with E-state index in [0.717, 1.165) is 0 Å². The predicted octanol–water partition coefficient (Wildman–Crippen LogP) is 5.35. The van der Waals surface area contributed by atoms with E-state index in [1.54, 1.807) is 36.5 Å². The summed E-state index contributed by atoms with van der Waals surface area (Å²) >= 11 is 0. The van der Waals surface area contributed by atoms with Crippen LogP contribution in [-0.4, -0.2) is 26.8 Å². The number of Topliss-reactive ketones (excluding diaryl/α,β-unsaturated/α-hetero) is 1. The first-order chi connectivity index (χ1) is 14.3. The molecule has 0 spiro atoms. The van der Waals surface area contributed by atoms with E-state index in [9.17, 15) is 14.0 Å². The molecular weight excluding hydrogens is 383 g/mol. The van der Waals surface area contributed by atoms with Crippen molar-refractivity contribution in [1.82, 2.24) is 9.97 Å². The summed E-state index contributed by atoms with van der Waals surface area (Å²) in [6.45, 7) is 5.50. The second kappa shape index (κ2) is 11.1. The van der Waals surface area contributed by atoms with Crippen molar-refractivity contribution in [2.75, 3.05) is 0 Å². The minimum Gasteiger partial charge on any atom is -0.481 e. The number of benzene rings is 1. The Hall–Kier alpha value is -3.15. The molecule has 30 heavy (non-hydrogen) atoms. The average molecular weight is 410 g/mol. The van der Waals surface area contributed by atoms with Gasteiger partial charge in [-0.15, -0.1) is 0 Å². The third-order valence-electron chi connectivity index (χ3n) is 4.50. The first-order valence-electron chi connectivity index (χ1n) is 10.0. The van der Waals surface area contributed by atoms with E-state index < -0.39 is 5.97 Å². The number of halogens is 1. The van der Waals surface area contributed by atoms with E-state index in [0.29, 0.717) is 47.5 Å². The van der Waals surface area contributed by atoms with Crippen LogP contribution in [0.3, 0.4) is 0 Å². The molecule has 1 aromatic carbocycles. The first-order valence-corrected chi connectivity index (χ1v) is 10.0. The van der Waals surface area contributed by atoms with E-state index in [4.69, 9.17) is 10.1 Å². The molecule has 0 aliphatic heterocycles. The molecule has 0 amide bonds. The lowest BCUT2D eigenvalue weighted by Gasteiger charge is -2.08. The molecule has 0 unspecified atom stereocenters. The smallest absolute Gasteiger partial charge is 0.303 e. The highest BCUT2D eigenvalue weighted by Gasteiger charge is 2.11. The van der Waals surface area contributed by atoms with Crippen LogP contribution in [0.4, 0.5) is 4.39 Å². The van der Waals surface area contributed by atoms with Gasteiger partial charge >= 0.3 is 5.97 Å². The summed E-state index contributed by atoms with van der Waals surface area (Å²) in [5.74, 6) is -1.31. The molecule has 2 rings (SSSR count). The van der Waals surface area contributed by atoms with Crippen LogP contribution in [0.15, 0.2) is 48.7 Å². The number of carboxylic acids is 1. The third-order valence-corrected chi connectivity index (χ3v) is 4.50. The summed E-state index contributed by atoms with van der Waals surface area (Å²) in [4.78, 5) is 32.5. The van der Waals surface area contributed by atoms with Gasteiger partial charge in [-0.05, 0) is 68.7 Å². The molecule has 0 bridgehead atoms. The van der Waals surface area contributed by atoms with Gasteiger partial charge < -0.3 is 5.11 Å². The van der Waals surface area contributed by atoms with Crippen molar-refractivity contribution in [2.24, 2.45) is 5.92 Å². The lowest BCUT2D eigenvalue weighted by Crippen LogP contribution is -2.07. The van der Waals surface area contributed by atoms with Gasteiger partial charge in [-0.25, -0.2) is 4.39 Å². The van der Waals surface area contributed by atoms with Crippen molar-refractivity contribution in [3.05, 3.63) is 71.4 Å². The number of hydrogen-bond acceptors (Lipinski definition) is 4. The van der Waals surface area contributed by atoms with Crippen LogP contribution in [0.2, 0.25) is 0 Å². The Morgan fingerprint density at radius 1 is 1.10 bits per heavy atom. The zero-order valence-corrected chi connectivity index (χ0v) is 17.6. The van der Waals surface area contributed by atoms with Gasteiger partial charge in [0.05, 0.1) is 11.4 Å². The molecule has 158 valence electrons. The number of aromatic nitrogens is 2. The van der Waals surface area contributed by atoms with Gasteiger partial charge in [0.15, 0.2) is 5.78 Å². The fourth-order valence-corrected chi connectivity index (χ4v) is 2.99. The zero-order chi connectivity index (χ0) is 22.1. The maximum absolute atomic E-state index is 13.4. The van der Waals surface area contributed by atoms with Crippen LogP contribution < -0.4 is 0 Å². The number of hydrogen-bond donors (Lipinski definition) is 1. The molecule has 0 aliphatic rings. The Morgan fingerprint density at radius 3 is 2.43 bits per heavy atom. The highest BCUT2D eigenvalue weighted by molar-refractivity contribution is 5.97. The molecule has 1 heterocycles. The Balaban J connectivity index is 2.58. The summed E-state index contributed by atoms with van der Waals surface area (Å²) < 4.78 is 13.4. The van der Waals surface area contributed by atoms with Gasteiger partial charge in [-0.3, -0.25) is 19.6 Å². The largest absolute Gasteiger partial charge is 0.481 e. The van der Waals surface area contributed by atoms with Crippen molar-refractivity contribution in [2.45, 2.75) is 46.5 Å². The van der Waals surface area contributed by atoms with Crippen molar-refractivity contribution in [1.29, 1.82) is 0 Å². The topological polar surface area (TPSA) is 80.2 Å². The predicted molar refractivity (Wildman–Crippen MR) is 114 cm³/mol. The van der Waals surface area contributed by atoms with E-state index in [2.05, 4.69) is 4.98 Å². The summed E-state index contributed by atoms with van der Waals surface area (Å²) in [5, 5.41) is 8.88. The fraction of sp³-hybridized carbons (Fsp3) is 0.333. The summed E-state index contributed by atoms with van der Waals surface area (Å²) in [6.07, 6.45) is 3.32. The monoisotopic (exact) mass is 410 g/mol.